The zero-order valence-corrected chi connectivity index (χ0v) is 20.5. The van der Waals surface area contributed by atoms with Gasteiger partial charge >= 0.3 is 23.9 Å². The topological polar surface area (TPSA) is 183 Å². The van der Waals surface area contributed by atoms with Gasteiger partial charge < -0.3 is 20.4 Å². The Hall–Kier alpha value is -5.29. The molecule has 0 bridgehead atoms. The molecule has 0 amide bonds. The van der Waals surface area contributed by atoms with Gasteiger partial charge in [-0.05, 0) is 70.8 Å². The summed E-state index contributed by atoms with van der Waals surface area (Å²) in [6.07, 6.45) is 0. The number of carboxylic acids is 4. The fourth-order valence-corrected chi connectivity index (χ4v) is 5.22. The van der Waals surface area contributed by atoms with E-state index >= 15 is 0 Å². The standard InChI is InChI=1S/C28H18O10S/c29-25(30)21-11-5-17(13-23(21)27(33)34)15-1-7-19(8-2-15)39(37,38)20-9-3-16(4-10-20)18-6-12-22(26(31)32)24(14-18)28(35)36/h1-14H,(H,29,30)(H,31,32)(H,33,34)(H,35,36). The lowest BCUT2D eigenvalue weighted by Gasteiger charge is -2.10. The van der Waals surface area contributed by atoms with Crippen LogP contribution in [0.4, 0.5) is 0 Å². The second kappa shape index (κ2) is 10.2. The van der Waals surface area contributed by atoms with Gasteiger partial charge in [-0.25, -0.2) is 27.6 Å². The first-order valence-electron chi connectivity index (χ1n) is 11.1. The minimum atomic E-state index is -3.96. The van der Waals surface area contributed by atoms with E-state index in [0.29, 0.717) is 22.3 Å². The highest BCUT2D eigenvalue weighted by molar-refractivity contribution is 7.91. The first-order chi connectivity index (χ1) is 18.4. The predicted molar refractivity (Wildman–Crippen MR) is 137 cm³/mol. The molecule has 4 aromatic carbocycles. The normalized spacial score (nSPS) is 11.1. The third-order valence-electron chi connectivity index (χ3n) is 5.96. The van der Waals surface area contributed by atoms with Crippen LogP contribution in [-0.2, 0) is 9.84 Å². The number of hydrogen-bond acceptors (Lipinski definition) is 6. The smallest absolute Gasteiger partial charge is 0.336 e. The zero-order chi connectivity index (χ0) is 28.5. The maximum Gasteiger partial charge on any atom is 0.336 e. The van der Waals surface area contributed by atoms with Crippen LogP contribution in [0.1, 0.15) is 41.4 Å². The summed E-state index contributed by atoms with van der Waals surface area (Å²) < 4.78 is 26.3. The molecular weight excluding hydrogens is 528 g/mol. The van der Waals surface area contributed by atoms with E-state index < -0.39 is 44.8 Å². The molecule has 4 N–H and O–H groups in total. The van der Waals surface area contributed by atoms with E-state index in [2.05, 4.69) is 0 Å². The molecule has 4 aromatic rings. The van der Waals surface area contributed by atoms with Gasteiger partial charge in [-0.3, -0.25) is 0 Å². The second-order valence-corrected chi connectivity index (χ2v) is 10.2. The van der Waals surface area contributed by atoms with E-state index in [4.69, 9.17) is 0 Å². The number of carboxylic acid groups (broad SMARTS) is 4. The fourth-order valence-electron chi connectivity index (χ4n) is 3.96. The largest absolute Gasteiger partial charge is 0.478 e. The van der Waals surface area contributed by atoms with Crippen molar-refractivity contribution in [2.45, 2.75) is 9.79 Å². The number of sulfone groups is 1. The van der Waals surface area contributed by atoms with Crippen molar-refractivity contribution in [2.24, 2.45) is 0 Å². The van der Waals surface area contributed by atoms with Crippen LogP contribution in [0.2, 0.25) is 0 Å². The maximum absolute atomic E-state index is 13.2. The zero-order valence-electron chi connectivity index (χ0n) is 19.7. The Kier molecular flexibility index (Phi) is 7.02. The Bertz CT molecular complexity index is 1630. The summed E-state index contributed by atoms with van der Waals surface area (Å²) in [5.41, 5.74) is 0.192. The highest BCUT2D eigenvalue weighted by Gasteiger charge is 2.21. The van der Waals surface area contributed by atoms with Crippen molar-refractivity contribution in [3.8, 4) is 22.3 Å². The summed E-state index contributed by atoms with van der Waals surface area (Å²) >= 11 is 0. The molecule has 0 spiro atoms. The van der Waals surface area contributed by atoms with Crippen molar-refractivity contribution >= 4 is 33.7 Å². The molecule has 4 rings (SSSR count). The molecule has 11 heteroatoms. The van der Waals surface area contributed by atoms with Crippen LogP contribution in [0, 0.1) is 0 Å². The molecule has 0 aliphatic carbocycles. The van der Waals surface area contributed by atoms with Gasteiger partial charge in [0.1, 0.15) is 0 Å². The lowest BCUT2D eigenvalue weighted by atomic mass is 9.99. The van der Waals surface area contributed by atoms with E-state index in [1.54, 1.807) is 0 Å². The van der Waals surface area contributed by atoms with Crippen LogP contribution in [-0.4, -0.2) is 52.7 Å². The molecule has 0 unspecified atom stereocenters. The van der Waals surface area contributed by atoms with Crippen LogP contribution < -0.4 is 0 Å². The number of benzene rings is 4. The number of hydrogen-bond donors (Lipinski definition) is 4. The van der Waals surface area contributed by atoms with Gasteiger partial charge in [-0.15, -0.1) is 0 Å². The maximum atomic E-state index is 13.2. The molecule has 0 heterocycles. The molecular formula is C28H18O10S. The number of carbonyl (C=O) groups is 4. The molecule has 0 saturated heterocycles. The average molecular weight is 547 g/mol. The van der Waals surface area contributed by atoms with Gasteiger partial charge in [0.15, 0.2) is 0 Å². The first kappa shape index (κ1) is 26.8. The third kappa shape index (κ3) is 5.24. The highest BCUT2D eigenvalue weighted by atomic mass is 32.2. The molecule has 0 fully saturated rings. The minimum Gasteiger partial charge on any atom is -0.478 e. The molecule has 0 radical (unpaired) electrons. The Balaban J connectivity index is 1.63. The molecule has 10 nitrogen and oxygen atoms in total. The average Bonchev–Trinajstić information content (AvgIpc) is 2.92. The minimum absolute atomic E-state index is 0.0430. The predicted octanol–water partition coefficient (Wildman–Crippen LogP) is 4.65. The summed E-state index contributed by atoms with van der Waals surface area (Å²) in [7, 11) is -3.96. The summed E-state index contributed by atoms with van der Waals surface area (Å²) in [6, 6.07) is 18.8. The van der Waals surface area contributed by atoms with E-state index in [-0.39, 0.29) is 20.9 Å². The summed E-state index contributed by atoms with van der Waals surface area (Å²) in [6.45, 7) is 0. The van der Waals surface area contributed by atoms with E-state index in [1.165, 1.54) is 84.9 Å². The molecule has 0 aliphatic heterocycles. The van der Waals surface area contributed by atoms with Gasteiger partial charge in [0.05, 0.1) is 32.0 Å². The van der Waals surface area contributed by atoms with Crippen LogP contribution in [0.25, 0.3) is 22.3 Å². The van der Waals surface area contributed by atoms with Crippen LogP contribution >= 0.6 is 0 Å². The highest BCUT2D eigenvalue weighted by Crippen LogP contribution is 2.29. The van der Waals surface area contributed by atoms with E-state index in [1.807, 2.05) is 0 Å². The van der Waals surface area contributed by atoms with Crippen LogP contribution in [0.5, 0.6) is 0 Å². The molecule has 0 aromatic heterocycles. The van der Waals surface area contributed by atoms with Crippen LogP contribution in [0.3, 0.4) is 0 Å². The van der Waals surface area contributed by atoms with Crippen molar-refractivity contribution in [2.75, 3.05) is 0 Å². The van der Waals surface area contributed by atoms with Gasteiger partial charge in [0, 0.05) is 0 Å². The first-order valence-corrected chi connectivity index (χ1v) is 12.6. The van der Waals surface area contributed by atoms with Crippen molar-refractivity contribution in [1.29, 1.82) is 0 Å². The van der Waals surface area contributed by atoms with Gasteiger partial charge in [0.2, 0.25) is 9.84 Å². The quantitative estimate of drug-likeness (QED) is 0.243. The molecule has 0 aliphatic rings. The Morgan fingerprint density at radius 3 is 0.974 bits per heavy atom. The van der Waals surface area contributed by atoms with Crippen LogP contribution in [0.15, 0.2) is 94.7 Å². The number of aromatic carboxylic acids is 4. The van der Waals surface area contributed by atoms with Gasteiger partial charge in [-0.2, -0.15) is 0 Å². The summed E-state index contributed by atoms with van der Waals surface area (Å²) in [5, 5.41) is 37.0. The number of rotatable bonds is 8. The Morgan fingerprint density at radius 2 is 0.692 bits per heavy atom. The SMILES string of the molecule is O=C(O)c1ccc(-c2ccc(S(=O)(=O)c3ccc(-c4ccc(C(=O)O)c(C(=O)O)c4)cc3)cc2)cc1C(=O)O. The van der Waals surface area contributed by atoms with Crippen molar-refractivity contribution in [1.82, 2.24) is 0 Å². The lowest BCUT2D eigenvalue weighted by Crippen LogP contribution is -2.08. The Morgan fingerprint density at radius 1 is 0.410 bits per heavy atom. The monoisotopic (exact) mass is 546 g/mol. The lowest BCUT2D eigenvalue weighted by molar-refractivity contribution is 0.0651. The van der Waals surface area contributed by atoms with Gasteiger partial charge in [-0.1, -0.05) is 36.4 Å². The molecule has 0 saturated carbocycles. The molecule has 39 heavy (non-hydrogen) atoms. The molecule has 196 valence electrons. The summed E-state index contributed by atoms with van der Waals surface area (Å²) in [5.74, 6) is -5.58. The third-order valence-corrected chi connectivity index (χ3v) is 7.74. The van der Waals surface area contributed by atoms with E-state index in [0.717, 1.165) is 0 Å². The molecule has 0 atom stereocenters. The van der Waals surface area contributed by atoms with Gasteiger partial charge in [0.25, 0.3) is 0 Å². The van der Waals surface area contributed by atoms with Crippen molar-refractivity contribution in [3.63, 3.8) is 0 Å². The Labute approximate surface area is 221 Å². The van der Waals surface area contributed by atoms with Crippen molar-refractivity contribution < 1.29 is 48.0 Å². The van der Waals surface area contributed by atoms with Crippen molar-refractivity contribution in [3.05, 3.63) is 107 Å². The summed E-state index contributed by atoms with van der Waals surface area (Å²) in [4.78, 5) is 45.4. The second-order valence-electron chi connectivity index (χ2n) is 8.29. The van der Waals surface area contributed by atoms with E-state index in [9.17, 15) is 48.0 Å². The fraction of sp³-hybridized carbons (Fsp3) is 0.